The number of hydrazine groups is 1. The lowest BCUT2D eigenvalue weighted by molar-refractivity contribution is -0.155. The van der Waals surface area contributed by atoms with E-state index in [1.54, 1.807) is 24.3 Å². The summed E-state index contributed by atoms with van der Waals surface area (Å²) in [6, 6.07) is 14.5. The molecule has 0 radical (unpaired) electrons. The molecule has 1 N–H and O–H groups in total. The predicted molar refractivity (Wildman–Crippen MR) is 109 cm³/mol. The molecule has 1 aliphatic rings. The number of aromatic nitrogens is 1. The number of benzene rings is 2. The average molecular weight is 438 g/mol. The van der Waals surface area contributed by atoms with Crippen LogP contribution in [-0.2, 0) is 9.59 Å². The van der Waals surface area contributed by atoms with Crippen molar-refractivity contribution in [3.05, 3.63) is 59.1 Å². The fraction of sp³-hybridized carbons (Fsp3) is 0.167. The Labute approximate surface area is 173 Å². The van der Waals surface area contributed by atoms with E-state index in [-0.39, 0.29) is 17.6 Å². The smallest absolute Gasteiger partial charge is 0.262 e. The molecule has 3 aromatic rings. The van der Waals surface area contributed by atoms with Crippen molar-refractivity contribution < 1.29 is 9.59 Å². The number of fused-ring (bicyclic) bond motifs is 1. The Balaban J connectivity index is 1.39. The number of carbonyl (C=O) groups is 2. The summed E-state index contributed by atoms with van der Waals surface area (Å²) in [4.78, 5) is 28.9. The zero-order valence-electron chi connectivity index (χ0n) is 13.8. The third kappa shape index (κ3) is 3.78. The second-order valence-electron chi connectivity index (χ2n) is 5.88. The van der Waals surface area contributed by atoms with Gasteiger partial charge in [0.05, 0.1) is 16.0 Å². The molecule has 0 spiro atoms. The lowest BCUT2D eigenvalue weighted by atomic mass is 9.95. The molecular weight excluding hydrogens is 425 g/mol. The fourth-order valence-electron chi connectivity index (χ4n) is 2.76. The van der Waals surface area contributed by atoms with Gasteiger partial charge in [0.15, 0.2) is 4.34 Å². The Kier molecular flexibility index (Phi) is 5.27. The van der Waals surface area contributed by atoms with Crippen LogP contribution in [0.3, 0.4) is 0 Å². The van der Waals surface area contributed by atoms with Gasteiger partial charge in [0.25, 0.3) is 5.91 Å². The zero-order valence-corrected chi connectivity index (χ0v) is 16.9. The molecule has 27 heavy (non-hydrogen) atoms. The summed E-state index contributed by atoms with van der Waals surface area (Å²) >= 11 is 14.9. The molecule has 0 aliphatic carbocycles. The number of thioether (sulfide) groups is 1. The lowest BCUT2D eigenvalue weighted by Gasteiger charge is -2.43. The zero-order chi connectivity index (χ0) is 19.0. The maximum atomic E-state index is 12.3. The van der Waals surface area contributed by atoms with Crippen LogP contribution in [0, 0.1) is 0 Å². The highest BCUT2D eigenvalue weighted by Gasteiger charge is 2.48. The van der Waals surface area contributed by atoms with Crippen molar-refractivity contribution in [3.8, 4) is 0 Å². The minimum atomic E-state index is -0.705. The number of nitrogens with zero attached hydrogens (tertiary/aromatic N) is 2. The van der Waals surface area contributed by atoms with Gasteiger partial charge in [-0.15, -0.1) is 22.9 Å². The summed E-state index contributed by atoms with van der Waals surface area (Å²) in [6.45, 7) is 0. The molecule has 1 saturated heterocycles. The van der Waals surface area contributed by atoms with Crippen LogP contribution in [0.15, 0.2) is 52.9 Å². The minimum Gasteiger partial charge on any atom is -0.272 e. The molecule has 0 saturated carbocycles. The molecular formula is C18H13Cl2N3O2S2. The van der Waals surface area contributed by atoms with Crippen molar-refractivity contribution in [2.75, 3.05) is 5.75 Å². The van der Waals surface area contributed by atoms with Gasteiger partial charge in [-0.2, -0.15) is 0 Å². The van der Waals surface area contributed by atoms with E-state index in [2.05, 4.69) is 10.4 Å². The highest BCUT2D eigenvalue weighted by Crippen LogP contribution is 2.37. The van der Waals surface area contributed by atoms with Gasteiger partial charge in [0.1, 0.15) is 11.4 Å². The van der Waals surface area contributed by atoms with E-state index in [9.17, 15) is 9.59 Å². The molecule has 2 atom stereocenters. The van der Waals surface area contributed by atoms with Gasteiger partial charge < -0.3 is 0 Å². The molecule has 2 heterocycles. The van der Waals surface area contributed by atoms with E-state index >= 15 is 0 Å². The average Bonchev–Trinajstić information content (AvgIpc) is 3.10. The van der Waals surface area contributed by atoms with Crippen molar-refractivity contribution >= 4 is 68.3 Å². The van der Waals surface area contributed by atoms with Gasteiger partial charge in [-0.05, 0) is 29.8 Å². The highest BCUT2D eigenvalue weighted by atomic mass is 35.5. The number of β-lactam (4-membered cyclic amide) rings is 1. The first-order chi connectivity index (χ1) is 13.0. The number of hydrogen-bond acceptors (Lipinski definition) is 5. The molecule has 4 rings (SSSR count). The van der Waals surface area contributed by atoms with Gasteiger partial charge in [0.2, 0.25) is 5.91 Å². The summed E-state index contributed by atoms with van der Waals surface area (Å²) in [6.07, 6.45) is 0. The highest BCUT2D eigenvalue weighted by molar-refractivity contribution is 8.01. The number of amides is 2. The summed E-state index contributed by atoms with van der Waals surface area (Å²) in [5, 5.41) is 1.17. The molecule has 9 heteroatoms. The van der Waals surface area contributed by atoms with Gasteiger partial charge in [-0.25, -0.2) is 9.99 Å². The molecule has 1 fully saturated rings. The van der Waals surface area contributed by atoms with E-state index in [0.29, 0.717) is 5.02 Å². The number of rotatable bonds is 5. The first-order valence-corrected chi connectivity index (χ1v) is 10.6. The van der Waals surface area contributed by atoms with Gasteiger partial charge >= 0.3 is 0 Å². The van der Waals surface area contributed by atoms with Crippen molar-refractivity contribution in [1.29, 1.82) is 0 Å². The minimum absolute atomic E-state index is 0.157. The summed E-state index contributed by atoms with van der Waals surface area (Å²) in [5.41, 5.74) is 4.38. The largest absolute Gasteiger partial charge is 0.272 e. The van der Waals surface area contributed by atoms with Gasteiger partial charge in [0, 0.05) is 5.02 Å². The van der Waals surface area contributed by atoms with E-state index in [1.165, 1.54) is 28.1 Å². The number of hydrogen-bond donors (Lipinski definition) is 1. The van der Waals surface area contributed by atoms with Crippen molar-refractivity contribution in [3.63, 3.8) is 0 Å². The summed E-state index contributed by atoms with van der Waals surface area (Å²) in [7, 11) is 0. The van der Waals surface area contributed by atoms with Crippen LogP contribution in [0.1, 0.15) is 11.6 Å². The predicted octanol–water partition coefficient (Wildman–Crippen LogP) is 4.26. The van der Waals surface area contributed by atoms with Crippen LogP contribution >= 0.6 is 46.3 Å². The summed E-state index contributed by atoms with van der Waals surface area (Å²) in [5.74, 6) is -0.450. The fourth-order valence-corrected chi connectivity index (χ4v) is 5.11. The van der Waals surface area contributed by atoms with Crippen molar-refractivity contribution in [1.82, 2.24) is 15.4 Å². The Bertz CT molecular complexity index is 976. The van der Waals surface area contributed by atoms with E-state index < -0.39 is 11.4 Å². The number of para-hydroxylation sites is 1. The van der Waals surface area contributed by atoms with Gasteiger partial charge in [-0.1, -0.05) is 47.6 Å². The standard InChI is InChI=1S/C18H13Cl2N3O2S2/c19-11-7-5-10(6-8-11)16-15(20)17(25)23(16)22-14(24)9-26-18-21-12-3-1-2-4-13(12)27-18/h1-8,15-16H,9H2,(H,22,24). The molecule has 1 aliphatic heterocycles. The van der Waals surface area contributed by atoms with Gasteiger partial charge in [-0.3, -0.25) is 15.0 Å². The molecule has 138 valence electrons. The molecule has 2 unspecified atom stereocenters. The van der Waals surface area contributed by atoms with E-state index in [1.807, 2.05) is 24.3 Å². The number of carbonyl (C=O) groups excluding carboxylic acids is 2. The second-order valence-corrected chi connectivity index (χ2v) is 9.04. The third-order valence-corrected chi connectivity index (χ3v) is 6.94. The van der Waals surface area contributed by atoms with Crippen molar-refractivity contribution in [2.45, 2.75) is 15.8 Å². The van der Waals surface area contributed by atoms with Crippen LogP contribution in [0.25, 0.3) is 10.2 Å². The first kappa shape index (κ1) is 18.6. The second kappa shape index (κ2) is 7.67. The van der Waals surface area contributed by atoms with Crippen LogP contribution in [0.2, 0.25) is 5.02 Å². The third-order valence-electron chi connectivity index (χ3n) is 4.09. The molecule has 2 aromatic carbocycles. The summed E-state index contributed by atoms with van der Waals surface area (Å²) < 4.78 is 1.89. The lowest BCUT2D eigenvalue weighted by Crippen LogP contribution is -2.63. The Morgan fingerprint density at radius 3 is 2.70 bits per heavy atom. The van der Waals surface area contributed by atoms with Crippen molar-refractivity contribution in [2.24, 2.45) is 0 Å². The monoisotopic (exact) mass is 437 g/mol. The molecule has 2 amide bonds. The Hall–Kier alpha value is -1.80. The van der Waals surface area contributed by atoms with Crippen LogP contribution in [0.4, 0.5) is 0 Å². The number of halogens is 2. The quantitative estimate of drug-likeness (QED) is 0.367. The Morgan fingerprint density at radius 1 is 1.22 bits per heavy atom. The normalized spacial score (nSPS) is 19.2. The molecule has 1 aromatic heterocycles. The Morgan fingerprint density at radius 2 is 1.96 bits per heavy atom. The van der Waals surface area contributed by atoms with Crippen LogP contribution in [-0.4, -0.2) is 32.9 Å². The maximum Gasteiger partial charge on any atom is 0.262 e. The topological polar surface area (TPSA) is 62.3 Å². The maximum absolute atomic E-state index is 12.3. The van der Waals surface area contributed by atoms with Crippen LogP contribution in [0.5, 0.6) is 0 Å². The SMILES string of the molecule is O=C(CSc1nc2ccccc2s1)NN1C(=O)C(Cl)C1c1ccc(Cl)cc1. The number of nitrogens with one attached hydrogen (secondary N) is 1. The number of alkyl halides is 1. The number of thiazole rings is 1. The first-order valence-electron chi connectivity index (χ1n) is 8.03. The van der Waals surface area contributed by atoms with E-state index in [4.69, 9.17) is 23.2 Å². The van der Waals surface area contributed by atoms with E-state index in [0.717, 1.165) is 20.1 Å². The van der Waals surface area contributed by atoms with Crippen LogP contribution < -0.4 is 5.43 Å². The molecule has 0 bridgehead atoms. The molecule has 5 nitrogen and oxygen atoms in total.